The van der Waals surface area contributed by atoms with Crippen molar-refractivity contribution < 1.29 is 29.9 Å². The van der Waals surface area contributed by atoms with Crippen LogP contribution < -0.4 is 14.4 Å². The molecule has 0 aliphatic heterocycles. The van der Waals surface area contributed by atoms with Crippen LogP contribution in [-0.4, -0.2) is 46.4 Å². The lowest BCUT2D eigenvalue weighted by molar-refractivity contribution is 0.0536. The Balaban J connectivity index is 1.53. The number of hydrogen-bond acceptors (Lipinski definition) is 7. The largest absolute Gasteiger partial charge is 0.512 e. The Morgan fingerprint density at radius 3 is 1.73 bits per heavy atom. The summed E-state index contributed by atoms with van der Waals surface area (Å²) in [6, 6.07) is 43.7. The zero-order valence-electron chi connectivity index (χ0n) is 24.6. The van der Waals surface area contributed by atoms with Crippen molar-refractivity contribution in [1.82, 2.24) is 0 Å². The van der Waals surface area contributed by atoms with Crippen LogP contribution in [0, 0.1) is 0 Å². The normalized spacial score (nSPS) is 12.4. The van der Waals surface area contributed by atoms with Crippen LogP contribution in [0.15, 0.2) is 145 Å². The number of benzene rings is 5. The molecular weight excluding hydrogens is 566 g/mol. The van der Waals surface area contributed by atoms with E-state index in [1.807, 2.05) is 72.8 Å². The summed E-state index contributed by atoms with van der Waals surface area (Å²) in [5.74, 6) is 0.779. The molecule has 0 spiro atoms. The molecule has 0 heterocycles. The van der Waals surface area contributed by atoms with Crippen molar-refractivity contribution in [2.75, 3.05) is 24.7 Å². The first-order valence-electron chi connectivity index (χ1n) is 14.5. The first kappa shape index (κ1) is 30.9. The van der Waals surface area contributed by atoms with Gasteiger partial charge in [0.15, 0.2) is 5.76 Å². The van der Waals surface area contributed by atoms with Crippen LogP contribution >= 0.6 is 0 Å². The van der Waals surface area contributed by atoms with Crippen LogP contribution in [0.25, 0.3) is 11.6 Å². The highest BCUT2D eigenvalue weighted by molar-refractivity contribution is 5.92. The van der Waals surface area contributed by atoms with Crippen LogP contribution in [-0.2, 0) is 0 Å². The van der Waals surface area contributed by atoms with Gasteiger partial charge in [0.05, 0.1) is 6.61 Å². The summed E-state index contributed by atoms with van der Waals surface area (Å²) in [6.45, 7) is -0.595. The molecular formula is C38H35NO6. The summed E-state index contributed by atoms with van der Waals surface area (Å²) in [4.78, 5) is 2.20. The van der Waals surface area contributed by atoms with Crippen LogP contribution in [0.2, 0.25) is 0 Å². The van der Waals surface area contributed by atoms with Crippen molar-refractivity contribution >= 4 is 28.7 Å². The number of nitrogens with zero attached hydrogens (tertiary/aromatic N) is 1. The fourth-order valence-corrected chi connectivity index (χ4v) is 4.77. The van der Waals surface area contributed by atoms with E-state index in [1.165, 1.54) is 0 Å². The van der Waals surface area contributed by atoms with E-state index in [1.54, 1.807) is 12.1 Å². The minimum absolute atomic E-state index is 0.0367. The Morgan fingerprint density at radius 1 is 0.667 bits per heavy atom. The molecule has 0 aromatic heterocycles. The van der Waals surface area contributed by atoms with Gasteiger partial charge in [-0.25, -0.2) is 0 Å². The lowest BCUT2D eigenvalue weighted by atomic mass is 9.95. The van der Waals surface area contributed by atoms with Crippen LogP contribution in [0.4, 0.5) is 17.1 Å². The molecule has 0 radical (unpaired) electrons. The topological polar surface area (TPSA) is 103 Å². The Kier molecular flexibility index (Phi) is 10.5. The molecule has 5 aromatic rings. The van der Waals surface area contributed by atoms with E-state index < -0.39 is 6.10 Å². The smallest absolute Gasteiger partial charge is 0.164 e. The zero-order chi connectivity index (χ0) is 31.4. The minimum atomic E-state index is -0.980. The van der Waals surface area contributed by atoms with Crippen molar-refractivity contribution in [1.29, 1.82) is 0 Å². The average Bonchev–Trinajstić information content (AvgIpc) is 3.10. The Hall–Kier alpha value is -5.50. The van der Waals surface area contributed by atoms with Crippen molar-refractivity contribution in [3.8, 4) is 11.5 Å². The van der Waals surface area contributed by atoms with E-state index in [0.717, 1.165) is 39.3 Å². The van der Waals surface area contributed by atoms with Gasteiger partial charge in [-0.3, -0.25) is 0 Å². The minimum Gasteiger partial charge on any atom is -0.512 e. The number of hydrogen-bond donors (Lipinski definition) is 4. The second kappa shape index (κ2) is 15.3. The van der Waals surface area contributed by atoms with E-state index in [-0.39, 0.29) is 25.6 Å². The summed E-state index contributed by atoms with van der Waals surface area (Å²) in [6.07, 6.45) is 1.70. The molecule has 1 unspecified atom stereocenters. The van der Waals surface area contributed by atoms with Gasteiger partial charge in [-0.1, -0.05) is 72.8 Å². The number of para-hydroxylation sites is 2. The zero-order valence-corrected chi connectivity index (χ0v) is 24.6. The SMILES string of the molecule is O/C=C(\O)COc1cccc(C(=Cc2ccc(N(c3ccccc3)c3ccccc3)cc2)c2cccc(OCC(O)CO)c2)c1. The van der Waals surface area contributed by atoms with Crippen LogP contribution in [0.5, 0.6) is 11.5 Å². The molecule has 0 saturated heterocycles. The highest BCUT2D eigenvalue weighted by Crippen LogP contribution is 2.35. The predicted octanol–water partition coefficient (Wildman–Crippen LogP) is 7.81. The van der Waals surface area contributed by atoms with Gasteiger partial charge in [0, 0.05) is 17.1 Å². The number of aliphatic hydroxyl groups is 4. The maximum absolute atomic E-state index is 9.77. The second-order valence-corrected chi connectivity index (χ2v) is 10.3. The Morgan fingerprint density at radius 2 is 1.20 bits per heavy atom. The highest BCUT2D eigenvalue weighted by atomic mass is 16.5. The number of ether oxygens (including phenoxy) is 2. The van der Waals surface area contributed by atoms with E-state index >= 15 is 0 Å². The van der Waals surface area contributed by atoms with Gasteiger partial charge >= 0.3 is 0 Å². The fraction of sp³-hybridized carbons (Fsp3) is 0.105. The maximum atomic E-state index is 9.77. The molecule has 0 fully saturated rings. The first-order chi connectivity index (χ1) is 22.0. The molecule has 0 saturated carbocycles. The predicted molar refractivity (Wildman–Crippen MR) is 178 cm³/mol. The van der Waals surface area contributed by atoms with Crippen molar-refractivity contribution in [3.63, 3.8) is 0 Å². The second-order valence-electron chi connectivity index (χ2n) is 10.3. The van der Waals surface area contributed by atoms with Crippen LogP contribution in [0.1, 0.15) is 16.7 Å². The third-order valence-electron chi connectivity index (χ3n) is 6.97. The fourth-order valence-electron chi connectivity index (χ4n) is 4.77. The summed E-state index contributed by atoms with van der Waals surface area (Å²) >= 11 is 0. The van der Waals surface area contributed by atoms with Crippen LogP contribution in [0.3, 0.4) is 0 Å². The van der Waals surface area contributed by atoms with E-state index in [2.05, 4.69) is 59.5 Å². The van der Waals surface area contributed by atoms with Crippen molar-refractivity contribution in [3.05, 3.63) is 162 Å². The number of aliphatic hydroxyl groups excluding tert-OH is 4. The molecule has 0 amide bonds. The van der Waals surface area contributed by atoms with E-state index in [4.69, 9.17) is 14.6 Å². The molecule has 45 heavy (non-hydrogen) atoms. The monoisotopic (exact) mass is 601 g/mol. The molecule has 4 N–H and O–H groups in total. The van der Waals surface area contributed by atoms with Gasteiger partial charge in [0.25, 0.3) is 0 Å². The summed E-state index contributed by atoms with van der Waals surface area (Å²) < 4.78 is 11.4. The summed E-state index contributed by atoms with van der Waals surface area (Å²) in [5.41, 5.74) is 6.67. The average molecular weight is 602 g/mol. The van der Waals surface area contributed by atoms with E-state index in [9.17, 15) is 15.3 Å². The molecule has 7 nitrogen and oxygen atoms in total. The van der Waals surface area contributed by atoms with Gasteiger partial charge < -0.3 is 34.8 Å². The molecule has 228 valence electrons. The lowest BCUT2D eigenvalue weighted by Crippen LogP contribution is -2.21. The van der Waals surface area contributed by atoms with Gasteiger partial charge in [-0.2, -0.15) is 0 Å². The lowest BCUT2D eigenvalue weighted by Gasteiger charge is -2.25. The molecule has 1 atom stereocenters. The first-order valence-corrected chi connectivity index (χ1v) is 14.5. The standard InChI is InChI=1S/C38H35NO6/c40-24-34(42)26-44-36-15-7-9-29(22-36)38(30-10-8-16-37(23-30)45-27-35(43)25-41)21-28-17-19-33(20-18-28)39(31-11-3-1-4-12-31)32-13-5-2-6-14-32/h1-24,35,40-43H,25-27H2/b34-24-,38-21?. The van der Waals surface area contributed by atoms with Crippen molar-refractivity contribution in [2.24, 2.45) is 0 Å². The molecule has 0 aliphatic rings. The number of rotatable bonds is 13. The van der Waals surface area contributed by atoms with Gasteiger partial charge in [-0.05, 0) is 89.0 Å². The van der Waals surface area contributed by atoms with Gasteiger partial charge in [0.1, 0.15) is 37.1 Å². The molecule has 7 heteroatoms. The maximum Gasteiger partial charge on any atom is 0.164 e. The van der Waals surface area contributed by atoms with E-state index in [0.29, 0.717) is 17.8 Å². The molecule has 0 aliphatic carbocycles. The quantitative estimate of drug-likeness (QED) is 0.0806. The van der Waals surface area contributed by atoms with Gasteiger partial charge in [0.2, 0.25) is 0 Å². The third-order valence-corrected chi connectivity index (χ3v) is 6.97. The Bertz CT molecular complexity index is 1680. The Labute approximate surface area is 262 Å². The van der Waals surface area contributed by atoms with Crippen molar-refractivity contribution in [2.45, 2.75) is 6.10 Å². The number of anilines is 3. The summed E-state index contributed by atoms with van der Waals surface area (Å²) in [5, 5.41) is 37.6. The molecule has 5 rings (SSSR count). The van der Waals surface area contributed by atoms with Gasteiger partial charge in [-0.15, -0.1) is 0 Å². The highest BCUT2D eigenvalue weighted by Gasteiger charge is 2.13. The third kappa shape index (κ3) is 8.32. The summed E-state index contributed by atoms with van der Waals surface area (Å²) in [7, 11) is 0. The molecule has 0 bridgehead atoms. The molecule has 5 aromatic carbocycles.